The Bertz CT molecular complexity index is 1990. The van der Waals surface area contributed by atoms with Crippen molar-refractivity contribution in [1.29, 1.82) is 0 Å². The van der Waals surface area contributed by atoms with E-state index in [2.05, 4.69) is 29.8 Å². The third-order valence-corrected chi connectivity index (χ3v) is 8.46. The quantitative estimate of drug-likeness (QED) is 0.0522. The number of ether oxygens (including phenoxy) is 4. The zero-order valence-electron chi connectivity index (χ0n) is 31.2. The van der Waals surface area contributed by atoms with Gasteiger partial charge in [-0.15, -0.1) is 0 Å². The number of aryl methyl sites for hydroxylation is 1. The summed E-state index contributed by atoms with van der Waals surface area (Å²) in [4.78, 5) is 15.0. The van der Waals surface area contributed by atoms with Crippen LogP contribution in [-0.4, -0.2) is 45.6 Å². The van der Waals surface area contributed by atoms with Gasteiger partial charge < -0.3 is 35.3 Å². The van der Waals surface area contributed by atoms with Crippen molar-refractivity contribution in [2.45, 2.75) is 33.6 Å². The molecule has 1 heterocycles. The van der Waals surface area contributed by atoms with Crippen molar-refractivity contribution in [3.8, 4) is 34.1 Å². The summed E-state index contributed by atoms with van der Waals surface area (Å²) in [5, 5.41) is 10.8. The van der Waals surface area contributed by atoms with Crippen LogP contribution < -0.4 is 46.1 Å². The first-order chi connectivity index (χ1) is 25.6. The lowest BCUT2D eigenvalue weighted by molar-refractivity contribution is -0.825. The van der Waals surface area contributed by atoms with Crippen molar-refractivity contribution in [3.63, 3.8) is 0 Å². The predicted molar refractivity (Wildman–Crippen MR) is 205 cm³/mol. The second-order valence-electron chi connectivity index (χ2n) is 11.9. The zero-order chi connectivity index (χ0) is 38.5. The SMILES string of the molecule is CC.CCOc1cc2c(cc1[NH3+])CCCN2C.COc1cc(N)ccc1[NH2+]c1ccc(C(=O)Oc2ccc(-c3ccc([NH2+]O)cc3)c(OC)c2)c(F)c1. The molecular weight excluding hydrogens is 677 g/mol. The summed E-state index contributed by atoms with van der Waals surface area (Å²) >= 11 is 0. The number of carbonyl (C=O) groups excluding carboxylic acids is 1. The lowest BCUT2D eigenvalue weighted by atomic mass is 10.0. The van der Waals surface area contributed by atoms with Gasteiger partial charge >= 0.3 is 5.97 Å². The summed E-state index contributed by atoms with van der Waals surface area (Å²) in [5.74, 6) is 0.615. The van der Waals surface area contributed by atoms with Gasteiger partial charge in [0.25, 0.3) is 0 Å². The number of nitrogen functional groups attached to an aromatic ring is 1. The standard InChI is InChI=1S/C27H24FN3O5.C12H18N2O.C2H6/c1-34-25-15-20(9-11-21(25)16-3-6-18(31-33)7-4-16)36-27(32)22-10-8-19(14-23(22)28)30-24-12-5-17(29)13-26(24)35-2;1-3-15-12-8-11-9(7-10(12)13)5-4-6-14(11)2;1-2/h3-15,30-31,33H,29H2,1-2H3;7-8H,3-6,13H2,1-2H3;1-2H3/p+3. The molecule has 0 saturated heterocycles. The van der Waals surface area contributed by atoms with E-state index in [-0.39, 0.29) is 11.3 Å². The average Bonchev–Trinajstić information content (AvgIpc) is 3.17. The van der Waals surface area contributed by atoms with E-state index in [1.165, 1.54) is 44.0 Å². The number of rotatable bonds is 10. The smallest absolute Gasteiger partial charge is 0.346 e. The fourth-order valence-corrected chi connectivity index (χ4v) is 5.84. The van der Waals surface area contributed by atoms with Crippen LogP contribution in [0.5, 0.6) is 23.0 Å². The highest BCUT2D eigenvalue weighted by molar-refractivity contribution is 5.92. The van der Waals surface area contributed by atoms with E-state index in [4.69, 9.17) is 29.9 Å². The number of benzene rings is 5. The van der Waals surface area contributed by atoms with Crippen LogP contribution in [0.4, 0.5) is 38.5 Å². The lowest BCUT2D eigenvalue weighted by Crippen LogP contribution is -2.73. The summed E-state index contributed by atoms with van der Waals surface area (Å²) in [5.41, 5.74) is 18.4. The molecule has 0 radical (unpaired) electrons. The molecule has 5 aromatic rings. The van der Waals surface area contributed by atoms with Crippen LogP contribution in [0.3, 0.4) is 0 Å². The summed E-state index contributed by atoms with van der Waals surface area (Å²) in [6.07, 6.45) is 2.39. The van der Waals surface area contributed by atoms with E-state index >= 15 is 0 Å². The van der Waals surface area contributed by atoms with E-state index in [0.29, 0.717) is 35.2 Å². The molecule has 12 heteroatoms. The molecule has 0 unspecified atom stereocenters. The van der Waals surface area contributed by atoms with E-state index in [0.717, 1.165) is 46.7 Å². The molecule has 0 atom stereocenters. The molecule has 0 aliphatic carbocycles. The Morgan fingerprint density at radius 1 is 0.906 bits per heavy atom. The molecule has 5 aromatic carbocycles. The molecule has 0 fully saturated rings. The van der Waals surface area contributed by atoms with Gasteiger partial charge in [0.2, 0.25) is 0 Å². The Labute approximate surface area is 310 Å². The summed E-state index contributed by atoms with van der Waals surface area (Å²) < 4.78 is 36.6. The van der Waals surface area contributed by atoms with Gasteiger partial charge in [-0.2, -0.15) is 5.48 Å². The predicted octanol–water partition coefficient (Wildman–Crippen LogP) is 5.79. The van der Waals surface area contributed by atoms with Crippen LogP contribution in [0.15, 0.2) is 91.0 Å². The Morgan fingerprint density at radius 3 is 2.28 bits per heavy atom. The van der Waals surface area contributed by atoms with E-state index < -0.39 is 11.8 Å². The fraction of sp³-hybridized carbons (Fsp3) is 0.244. The van der Waals surface area contributed by atoms with Crippen molar-refractivity contribution in [2.24, 2.45) is 0 Å². The number of carbonyl (C=O) groups is 1. The van der Waals surface area contributed by atoms with E-state index in [9.17, 15) is 9.18 Å². The molecule has 6 rings (SSSR count). The Hall–Kier alpha value is -5.66. The Morgan fingerprint density at radius 2 is 1.62 bits per heavy atom. The minimum Gasteiger partial charge on any atom is -0.496 e. The molecule has 1 aliphatic heterocycles. The van der Waals surface area contributed by atoms with Gasteiger partial charge in [0.15, 0.2) is 28.6 Å². The van der Waals surface area contributed by atoms with Crippen molar-refractivity contribution in [1.82, 2.24) is 0 Å². The third-order valence-electron chi connectivity index (χ3n) is 8.46. The Balaban J connectivity index is 0.000000306. The number of hydrogen-bond acceptors (Lipinski definition) is 8. The molecule has 0 saturated carbocycles. The molecule has 1 aliphatic rings. The molecule has 53 heavy (non-hydrogen) atoms. The second kappa shape index (κ2) is 19.3. The number of hydrogen-bond donors (Lipinski definition) is 5. The molecular formula is C41H51FN5O6+3. The summed E-state index contributed by atoms with van der Waals surface area (Å²) in [6, 6.07) is 25.8. The van der Waals surface area contributed by atoms with Gasteiger partial charge in [-0.25, -0.2) is 14.4 Å². The minimum absolute atomic E-state index is 0.199. The number of nitrogens with zero attached hydrogens (tertiary/aromatic N) is 1. The molecule has 10 N–H and O–H groups in total. The summed E-state index contributed by atoms with van der Waals surface area (Å²) in [6.45, 7) is 7.84. The first-order valence-corrected chi connectivity index (χ1v) is 17.5. The van der Waals surface area contributed by atoms with Crippen LogP contribution in [0.25, 0.3) is 11.1 Å². The van der Waals surface area contributed by atoms with Gasteiger partial charge in [0.1, 0.15) is 23.0 Å². The van der Waals surface area contributed by atoms with Crippen molar-refractivity contribution >= 4 is 40.1 Å². The molecule has 0 bridgehead atoms. The molecule has 0 aromatic heterocycles. The van der Waals surface area contributed by atoms with Crippen molar-refractivity contribution in [3.05, 3.63) is 108 Å². The van der Waals surface area contributed by atoms with Crippen molar-refractivity contribution in [2.75, 3.05) is 45.1 Å². The number of halogens is 1. The van der Waals surface area contributed by atoms with Crippen molar-refractivity contribution < 1.29 is 49.9 Å². The number of esters is 1. The topological polar surface area (TPSA) is 164 Å². The maximum Gasteiger partial charge on any atom is 0.346 e. The van der Waals surface area contributed by atoms with E-state index in [1.807, 2.05) is 32.9 Å². The van der Waals surface area contributed by atoms with Crippen LogP contribution in [0.2, 0.25) is 0 Å². The Kier molecular flexibility index (Phi) is 14.6. The van der Waals surface area contributed by atoms with Crippen LogP contribution >= 0.6 is 0 Å². The highest BCUT2D eigenvalue weighted by Gasteiger charge is 2.20. The third kappa shape index (κ3) is 10.2. The molecule has 0 amide bonds. The highest BCUT2D eigenvalue weighted by Crippen LogP contribution is 2.35. The molecule has 11 nitrogen and oxygen atoms in total. The van der Waals surface area contributed by atoms with Crippen LogP contribution in [0.1, 0.15) is 43.1 Å². The monoisotopic (exact) mass is 728 g/mol. The number of anilines is 2. The number of nitrogens with two attached hydrogens (primary N) is 3. The number of fused-ring (bicyclic) bond motifs is 1. The largest absolute Gasteiger partial charge is 0.496 e. The van der Waals surface area contributed by atoms with Gasteiger partial charge in [0, 0.05) is 85.1 Å². The molecule has 0 spiro atoms. The number of quaternary nitrogens is 3. The fourth-order valence-electron chi connectivity index (χ4n) is 5.84. The zero-order valence-corrected chi connectivity index (χ0v) is 31.2. The van der Waals surface area contributed by atoms with Gasteiger partial charge in [-0.3, -0.25) is 5.32 Å². The second-order valence-corrected chi connectivity index (χ2v) is 11.9. The van der Waals surface area contributed by atoms with Gasteiger partial charge in [-0.05, 0) is 67.3 Å². The first kappa shape index (κ1) is 40.1. The van der Waals surface area contributed by atoms with Crippen LogP contribution in [-0.2, 0) is 6.42 Å². The van der Waals surface area contributed by atoms with Crippen LogP contribution in [0, 0.1) is 5.82 Å². The lowest BCUT2D eigenvalue weighted by Gasteiger charge is -2.27. The number of methoxy groups -OCH3 is 2. The van der Waals surface area contributed by atoms with Gasteiger partial charge in [0.05, 0.1) is 26.4 Å². The highest BCUT2D eigenvalue weighted by atomic mass is 19.1. The maximum atomic E-state index is 14.8. The van der Waals surface area contributed by atoms with Gasteiger partial charge in [-0.1, -0.05) is 13.8 Å². The normalized spacial score (nSPS) is 11.6. The summed E-state index contributed by atoms with van der Waals surface area (Å²) in [7, 11) is 5.17. The maximum absolute atomic E-state index is 14.8. The molecule has 280 valence electrons. The average molecular weight is 729 g/mol. The first-order valence-electron chi connectivity index (χ1n) is 17.5. The minimum atomic E-state index is -0.832. The van der Waals surface area contributed by atoms with E-state index in [1.54, 1.807) is 59.9 Å².